The molecule has 0 radical (unpaired) electrons. The number of benzene rings is 2. The number of likely N-dealkylation sites (tertiary alicyclic amines) is 1. The molecular formula is C25H22Cl2N2O3. The average Bonchev–Trinajstić information content (AvgIpc) is 3.43. The highest BCUT2D eigenvalue weighted by Gasteiger charge is 2.60. The van der Waals surface area contributed by atoms with Crippen LogP contribution in [-0.2, 0) is 14.4 Å². The van der Waals surface area contributed by atoms with Gasteiger partial charge in [-0.05, 0) is 48.9 Å². The van der Waals surface area contributed by atoms with Crippen molar-refractivity contribution in [2.45, 2.75) is 25.8 Å². The molecule has 32 heavy (non-hydrogen) atoms. The van der Waals surface area contributed by atoms with E-state index in [9.17, 15) is 14.4 Å². The Hall–Kier alpha value is -2.63. The fourth-order valence-electron chi connectivity index (χ4n) is 5.35. The Balaban J connectivity index is 1.44. The van der Waals surface area contributed by atoms with Gasteiger partial charge in [0.05, 0.1) is 35.0 Å². The van der Waals surface area contributed by atoms with E-state index in [-0.39, 0.29) is 47.8 Å². The number of nitrogens with one attached hydrogen (secondary N) is 1. The van der Waals surface area contributed by atoms with Crippen molar-refractivity contribution in [3.05, 3.63) is 75.8 Å². The number of carbonyl (C=O) groups is 3. The molecule has 2 fully saturated rings. The van der Waals surface area contributed by atoms with Gasteiger partial charge in [-0.1, -0.05) is 65.2 Å². The lowest BCUT2D eigenvalue weighted by atomic mass is 9.85. The maximum atomic E-state index is 13.4. The summed E-state index contributed by atoms with van der Waals surface area (Å²) >= 11 is 12.1. The first-order valence-corrected chi connectivity index (χ1v) is 11.5. The SMILES string of the molecule is Cc1ccc(C(CC(=O)Nc2ccc(Cl)cc2Cl)N2C(=O)C3C4C=CC(C4)C3C2=O)cc1. The molecule has 164 valence electrons. The van der Waals surface area contributed by atoms with Crippen LogP contribution in [-0.4, -0.2) is 22.6 Å². The molecule has 2 aliphatic carbocycles. The molecule has 1 N–H and O–H groups in total. The molecule has 0 aromatic heterocycles. The third-order valence-corrected chi connectivity index (χ3v) is 7.41. The van der Waals surface area contributed by atoms with Gasteiger partial charge in [-0.3, -0.25) is 19.3 Å². The smallest absolute Gasteiger partial charge is 0.234 e. The van der Waals surface area contributed by atoms with Gasteiger partial charge in [-0.15, -0.1) is 0 Å². The zero-order chi connectivity index (χ0) is 22.6. The van der Waals surface area contributed by atoms with Crippen LogP contribution in [0.15, 0.2) is 54.6 Å². The van der Waals surface area contributed by atoms with Gasteiger partial charge in [-0.2, -0.15) is 0 Å². The Morgan fingerprint density at radius 2 is 1.66 bits per heavy atom. The highest BCUT2D eigenvalue weighted by Crippen LogP contribution is 2.54. The minimum atomic E-state index is -0.674. The van der Waals surface area contributed by atoms with E-state index < -0.39 is 6.04 Å². The third kappa shape index (κ3) is 3.54. The maximum Gasteiger partial charge on any atom is 0.234 e. The van der Waals surface area contributed by atoms with Gasteiger partial charge in [-0.25, -0.2) is 0 Å². The number of rotatable bonds is 5. The van der Waals surface area contributed by atoms with Gasteiger partial charge >= 0.3 is 0 Å². The average molecular weight is 469 g/mol. The Labute approximate surface area is 196 Å². The van der Waals surface area contributed by atoms with Crippen molar-refractivity contribution in [1.82, 2.24) is 4.90 Å². The standard InChI is InChI=1S/C25H22Cl2N2O3/c1-13-2-4-14(5-3-13)20(12-21(30)28-19-9-8-17(26)11-18(19)27)29-24(31)22-15-6-7-16(10-15)23(22)25(29)32/h2-9,11,15-16,20,22-23H,10,12H2,1H3,(H,28,30). The van der Waals surface area contributed by atoms with Crippen molar-refractivity contribution in [2.75, 3.05) is 5.32 Å². The molecule has 3 aliphatic rings. The number of allylic oxidation sites excluding steroid dienone is 2. The normalized spacial score (nSPS) is 26.5. The van der Waals surface area contributed by atoms with Crippen LogP contribution in [0, 0.1) is 30.6 Å². The number of carbonyl (C=O) groups excluding carboxylic acids is 3. The van der Waals surface area contributed by atoms with Crippen molar-refractivity contribution >= 4 is 46.6 Å². The molecule has 1 saturated carbocycles. The molecule has 5 unspecified atom stereocenters. The Morgan fingerprint density at radius 3 is 2.25 bits per heavy atom. The molecular weight excluding hydrogens is 447 g/mol. The van der Waals surface area contributed by atoms with E-state index in [4.69, 9.17) is 23.2 Å². The summed E-state index contributed by atoms with van der Waals surface area (Å²) < 4.78 is 0. The number of aryl methyl sites for hydroxylation is 1. The third-order valence-electron chi connectivity index (χ3n) is 6.86. The summed E-state index contributed by atoms with van der Waals surface area (Å²) in [4.78, 5) is 41.1. The number of imide groups is 1. The molecule has 3 amide bonds. The fourth-order valence-corrected chi connectivity index (χ4v) is 5.80. The van der Waals surface area contributed by atoms with Crippen molar-refractivity contribution in [1.29, 1.82) is 0 Å². The number of halogens is 2. The summed E-state index contributed by atoms with van der Waals surface area (Å²) in [6.45, 7) is 1.97. The van der Waals surface area contributed by atoms with Crippen LogP contribution < -0.4 is 5.32 Å². The van der Waals surface area contributed by atoms with E-state index in [1.54, 1.807) is 18.2 Å². The number of hydrogen-bond acceptors (Lipinski definition) is 3. The van der Waals surface area contributed by atoms with Crippen LogP contribution in [0.2, 0.25) is 10.0 Å². The summed E-state index contributed by atoms with van der Waals surface area (Å²) in [6.07, 6.45) is 4.94. The fraction of sp³-hybridized carbons (Fsp3) is 0.320. The number of hydrogen-bond donors (Lipinski definition) is 1. The molecule has 2 aromatic carbocycles. The molecule has 1 saturated heterocycles. The number of anilines is 1. The molecule has 2 bridgehead atoms. The summed E-state index contributed by atoms with van der Waals surface area (Å²) in [6, 6.07) is 11.7. The highest BCUT2D eigenvalue weighted by molar-refractivity contribution is 6.36. The van der Waals surface area contributed by atoms with E-state index in [1.165, 1.54) is 4.90 Å². The lowest BCUT2D eigenvalue weighted by molar-refractivity contribution is -0.144. The lowest BCUT2D eigenvalue weighted by Crippen LogP contribution is -2.38. The van der Waals surface area contributed by atoms with Crippen molar-refractivity contribution < 1.29 is 14.4 Å². The van der Waals surface area contributed by atoms with E-state index in [0.29, 0.717) is 15.7 Å². The Bertz CT molecular complexity index is 1110. The van der Waals surface area contributed by atoms with Crippen molar-refractivity contribution in [3.8, 4) is 0 Å². The summed E-state index contributed by atoms with van der Waals surface area (Å²) in [5.41, 5.74) is 2.25. The minimum absolute atomic E-state index is 0.0539. The molecule has 1 heterocycles. The topological polar surface area (TPSA) is 66.5 Å². The predicted octanol–water partition coefficient (Wildman–Crippen LogP) is 5.18. The molecule has 5 nitrogen and oxygen atoms in total. The van der Waals surface area contributed by atoms with Crippen LogP contribution in [0.4, 0.5) is 5.69 Å². The van der Waals surface area contributed by atoms with Gasteiger partial charge in [0, 0.05) is 5.02 Å². The number of fused-ring (bicyclic) bond motifs is 5. The zero-order valence-corrected chi connectivity index (χ0v) is 18.9. The summed E-state index contributed by atoms with van der Waals surface area (Å²) in [5, 5.41) is 3.58. The van der Waals surface area contributed by atoms with Gasteiger partial charge in [0.1, 0.15) is 0 Å². The quantitative estimate of drug-likeness (QED) is 0.485. The first kappa shape index (κ1) is 21.2. The van der Waals surface area contributed by atoms with Crippen LogP contribution in [0.25, 0.3) is 0 Å². The number of nitrogens with zero attached hydrogens (tertiary/aromatic N) is 1. The van der Waals surface area contributed by atoms with Crippen molar-refractivity contribution in [2.24, 2.45) is 23.7 Å². The van der Waals surface area contributed by atoms with Gasteiger partial charge in [0.15, 0.2) is 0 Å². The second-order valence-corrected chi connectivity index (χ2v) is 9.69. The predicted molar refractivity (Wildman–Crippen MR) is 123 cm³/mol. The first-order valence-electron chi connectivity index (χ1n) is 10.7. The molecule has 1 aliphatic heterocycles. The minimum Gasteiger partial charge on any atom is -0.325 e. The zero-order valence-electron chi connectivity index (χ0n) is 17.4. The number of amides is 3. The van der Waals surface area contributed by atoms with E-state index in [1.807, 2.05) is 31.2 Å². The maximum absolute atomic E-state index is 13.4. The molecule has 5 atom stereocenters. The molecule has 7 heteroatoms. The van der Waals surface area contributed by atoms with Crippen LogP contribution in [0.3, 0.4) is 0 Å². The monoisotopic (exact) mass is 468 g/mol. The Morgan fingerprint density at radius 1 is 1.03 bits per heavy atom. The van der Waals surface area contributed by atoms with Gasteiger partial charge < -0.3 is 5.32 Å². The van der Waals surface area contributed by atoms with Crippen LogP contribution in [0.1, 0.15) is 30.0 Å². The van der Waals surface area contributed by atoms with Crippen molar-refractivity contribution in [3.63, 3.8) is 0 Å². The summed E-state index contributed by atoms with van der Waals surface area (Å²) in [7, 11) is 0. The van der Waals surface area contributed by atoms with E-state index in [2.05, 4.69) is 17.5 Å². The highest BCUT2D eigenvalue weighted by atomic mass is 35.5. The Kier molecular flexibility index (Phi) is 5.34. The van der Waals surface area contributed by atoms with Gasteiger partial charge in [0.2, 0.25) is 17.7 Å². The summed E-state index contributed by atoms with van der Waals surface area (Å²) in [5.74, 6) is -1.05. The molecule has 2 aromatic rings. The van der Waals surface area contributed by atoms with E-state index in [0.717, 1.165) is 17.5 Å². The largest absolute Gasteiger partial charge is 0.325 e. The van der Waals surface area contributed by atoms with Gasteiger partial charge in [0.25, 0.3) is 0 Å². The second-order valence-electron chi connectivity index (χ2n) is 8.85. The molecule has 5 rings (SSSR count). The van der Waals surface area contributed by atoms with E-state index >= 15 is 0 Å². The lowest BCUT2D eigenvalue weighted by Gasteiger charge is -2.28. The first-order chi connectivity index (χ1) is 15.3. The van der Waals surface area contributed by atoms with Crippen LogP contribution in [0.5, 0.6) is 0 Å². The van der Waals surface area contributed by atoms with Crippen LogP contribution >= 0.6 is 23.2 Å². The second kappa shape index (κ2) is 8.05. The molecule has 0 spiro atoms.